The number of ketones is 1. The molecule has 1 aromatic heterocycles. The minimum Gasteiger partial charge on any atom is -0.497 e. The van der Waals surface area contributed by atoms with E-state index in [-0.39, 0.29) is 17.2 Å². The number of Topliss-reactive ketones (excluding diaryl/α,β-unsaturated/α-hetero) is 1. The molecule has 0 saturated heterocycles. The van der Waals surface area contributed by atoms with Crippen molar-refractivity contribution in [2.45, 2.75) is 6.92 Å². The van der Waals surface area contributed by atoms with Crippen LogP contribution in [0.25, 0.3) is 16.9 Å². The number of para-hydroxylation sites is 1. The third kappa shape index (κ3) is 4.23. The van der Waals surface area contributed by atoms with E-state index in [0.717, 1.165) is 5.56 Å². The first-order valence-electron chi connectivity index (χ1n) is 9.69. The summed E-state index contributed by atoms with van der Waals surface area (Å²) in [6, 6.07) is 25.3. The highest BCUT2D eigenvalue weighted by Gasteiger charge is 2.22. The highest BCUT2D eigenvalue weighted by molar-refractivity contribution is 5.99. The van der Waals surface area contributed by atoms with Crippen LogP contribution in [0.3, 0.4) is 0 Å². The second-order valence-corrected chi connectivity index (χ2v) is 6.84. The normalized spacial score (nSPS) is 10.5. The number of nitrogens with zero attached hydrogens (tertiary/aromatic N) is 2. The van der Waals surface area contributed by atoms with Gasteiger partial charge < -0.3 is 9.47 Å². The minimum absolute atomic E-state index is 0.138. The van der Waals surface area contributed by atoms with Gasteiger partial charge in [0.2, 0.25) is 0 Å². The Morgan fingerprint density at radius 3 is 2.19 bits per heavy atom. The zero-order valence-corrected chi connectivity index (χ0v) is 17.1. The fraction of sp³-hybridized carbons (Fsp3) is 0.0800. The van der Waals surface area contributed by atoms with E-state index >= 15 is 0 Å². The van der Waals surface area contributed by atoms with Crippen LogP contribution in [0.4, 0.5) is 0 Å². The maximum Gasteiger partial charge on any atom is 0.362 e. The molecule has 0 atom stereocenters. The van der Waals surface area contributed by atoms with Gasteiger partial charge in [-0.3, -0.25) is 4.79 Å². The summed E-state index contributed by atoms with van der Waals surface area (Å²) >= 11 is 0. The van der Waals surface area contributed by atoms with E-state index in [2.05, 4.69) is 5.10 Å². The fourth-order valence-electron chi connectivity index (χ4n) is 3.20. The van der Waals surface area contributed by atoms with Gasteiger partial charge in [0.25, 0.3) is 0 Å². The van der Waals surface area contributed by atoms with Crippen LogP contribution in [0.5, 0.6) is 11.5 Å². The first kappa shape index (κ1) is 20.1. The van der Waals surface area contributed by atoms with Gasteiger partial charge in [0.05, 0.1) is 24.1 Å². The van der Waals surface area contributed by atoms with E-state index in [4.69, 9.17) is 9.47 Å². The lowest BCUT2D eigenvalue weighted by molar-refractivity contribution is 0.0723. The van der Waals surface area contributed by atoms with Gasteiger partial charge in [0.15, 0.2) is 11.5 Å². The molecule has 1 heterocycles. The summed E-state index contributed by atoms with van der Waals surface area (Å²) in [4.78, 5) is 25.2. The van der Waals surface area contributed by atoms with Gasteiger partial charge >= 0.3 is 5.97 Å². The summed E-state index contributed by atoms with van der Waals surface area (Å²) in [5, 5.41) is 4.63. The molecular formula is C25H20N2O4. The molecule has 4 rings (SSSR count). The SMILES string of the molecule is COc1ccc(C(C)=O)c(OC(=O)c2cc(-c3ccccc3)nn2-c2ccccc2)c1. The van der Waals surface area contributed by atoms with Crippen molar-refractivity contribution in [3.8, 4) is 28.4 Å². The standard InChI is InChI=1S/C25H20N2O4/c1-17(28)21-14-13-20(30-2)15-24(21)31-25(29)23-16-22(18-9-5-3-6-10-18)26-27(23)19-11-7-4-8-12-19/h3-16H,1-2H3. The van der Waals surface area contributed by atoms with Crippen molar-refractivity contribution in [1.29, 1.82) is 0 Å². The van der Waals surface area contributed by atoms with Crippen molar-refractivity contribution in [2.75, 3.05) is 7.11 Å². The van der Waals surface area contributed by atoms with Crippen LogP contribution >= 0.6 is 0 Å². The molecule has 4 aromatic rings. The van der Waals surface area contributed by atoms with E-state index in [1.165, 1.54) is 24.8 Å². The van der Waals surface area contributed by atoms with Crippen molar-refractivity contribution in [3.05, 3.63) is 96.2 Å². The van der Waals surface area contributed by atoms with Crippen LogP contribution in [0, 0.1) is 0 Å². The van der Waals surface area contributed by atoms with E-state index in [1.54, 1.807) is 18.2 Å². The maximum atomic E-state index is 13.2. The zero-order chi connectivity index (χ0) is 21.8. The summed E-state index contributed by atoms with van der Waals surface area (Å²) in [6.45, 7) is 1.42. The predicted octanol–water partition coefficient (Wildman–Crippen LogP) is 4.97. The van der Waals surface area contributed by atoms with E-state index in [9.17, 15) is 9.59 Å². The molecule has 0 aliphatic carbocycles. The highest BCUT2D eigenvalue weighted by atomic mass is 16.5. The molecule has 0 fully saturated rings. The number of ether oxygens (including phenoxy) is 2. The van der Waals surface area contributed by atoms with Gasteiger partial charge in [-0.1, -0.05) is 48.5 Å². The molecule has 3 aromatic carbocycles. The lowest BCUT2D eigenvalue weighted by Gasteiger charge is -2.11. The number of carbonyl (C=O) groups excluding carboxylic acids is 2. The molecule has 154 valence electrons. The lowest BCUT2D eigenvalue weighted by atomic mass is 10.1. The molecular weight excluding hydrogens is 392 g/mol. The number of hydrogen-bond donors (Lipinski definition) is 0. The van der Waals surface area contributed by atoms with Gasteiger partial charge in [-0.25, -0.2) is 9.48 Å². The van der Waals surface area contributed by atoms with Crippen LogP contribution in [0.2, 0.25) is 0 Å². The molecule has 0 N–H and O–H groups in total. The quantitative estimate of drug-likeness (QED) is 0.254. The number of methoxy groups -OCH3 is 1. The van der Waals surface area contributed by atoms with Gasteiger partial charge in [-0.2, -0.15) is 5.10 Å². The van der Waals surface area contributed by atoms with Gasteiger partial charge in [0.1, 0.15) is 11.5 Å². The first-order chi connectivity index (χ1) is 15.1. The second kappa shape index (κ2) is 8.67. The zero-order valence-electron chi connectivity index (χ0n) is 17.1. The lowest BCUT2D eigenvalue weighted by Crippen LogP contribution is -2.16. The number of hydrogen-bond acceptors (Lipinski definition) is 5. The van der Waals surface area contributed by atoms with E-state index < -0.39 is 5.97 Å². The van der Waals surface area contributed by atoms with Crippen molar-refractivity contribution < 1.29 is 19.1 Å². The van der Waals surface area contributed by atoms with Crippen molar-refractivity contribution in [3.63, 3.8) is 0 Å². The summed E-state index contributed by atoms with van der Waals surface area (Å²) in [6.07, 6.45) is 0. The molecule has 0 radical (unpaired) electrons. The fourth-order valence-corrected chi connectivity index (χ4v) is 3.20. The van der Waals surface area contributed by atoms with Crippen LogP contribution < -0.4 is 9.47 Å². The molecule has 0 spiro atoms. The third-order valence-corrected chi connectivity index (χ3v) is 4.76. The number of benzene rings is 3. The third-order valence-electron chi connectivity index (χ3n) is 4.76. The maximum absolute atomic E-state index is 13.2. The Labute approximate surface area is 179 Å². The molecule has 0 bridgehead atoms. The van der Waals surface area contributed by atoms with Crippen LogP contribution in [-0.4, -0.2) is 28.6 Å². The number of carbonyl (C=O) groups is 2. The Morgan fingerprint density at radius 1 is 0.871 bits per heavy atom. The Hall–Kier alpha value is -4.19. The van der Waals surface area contributed by atoms with Crippen molar-refractivity contribution >= 4 is 11.8 Å². The van der Waals surface area contributed by atoms with Crippen LogP contribution in [-0.2, 0) is 0 Å². The Balaban J connectivity index is 1.78. The van der Waals surface area contributed by atoms with Gasteiger partial charge in [-0.15, -0.1) is 0 Å². The van der Waals surface area contributed by atoms with Crippen molar-refractivity contribution in [2.24, 2.45) is 0 Å². The van der Waals surface area contributed by atoms with E-state index in [1.807, 2.05) is 60.7 Å². The minimum atomic E-state index is -0.630. The highest BCUT2D eigenvalue weighted by Crippen LogP contribution is 2.28. The average Bonchev–Trinajstić information content (AvgIpc) is 3.26. The van der Waals surface area contributed by atoms with Gasteiger partial charge in [-0.05, 0) is 37.3 Å². The summed E-state index contributed by atoms with van der Waals surface area (Å²) < 4.78 is 12.4. The number of rotatable bonds is 6. The largest absolute Gasteiger partial charge is 0.497 e. The second-order valence-electron chi connectivity index (χ2n) is 6.84. The summed E-state index contributed by atoms with van der Waals surface area (Å²) in [5.41, 5.74) is 2.76. The molecule has 0 saturated carbocycles. The van der Waals surface area contributed by atoms with Crippen molar-refractivity contribution in [1.82, 2.24) is 9.78 Å². The van der Waals surface area contributed by atoms with Gasteiger partial charge in [0, 0.05) is 11.6 Å². The number of aromatic nitrogens is 2. The van der Waals surface area contributed by atoms with E-state index in [0.29, 0.717) is 22.7 Å². The predicted molar refractivity (Wildman–Crippen MR) is 117 cm³/mol. The first-order valence-corrected chi connectivity index (χ1v) is 9.69. The monoisotopic (exact) mass is 412 g/mol. The Bertz CT molecular complexity index is 1230. The molecule has 6 nitrogen and oxygen atoms in total. The average molecular weight is 412 g/mol. The number of esters is 1. The smallest absolute Gasteiger partial charge is 0.362 e. The Kier molecular flexibility index (Phi) is 5.62. The molecule has 31 heavy (non-hydrogen) atoms. The summed E-state index contributed by atoms with van der Waals surface area (Å²) in [5.74, 6) is -0.227. The molecule has 0 aliphatic heterocycles. The van der Waals surface area contributed by atoms with Crippen LogP contribution in [0.15, 0.2) is 84.9 Å². The topological polar surface area (TPSA) is 70.4 Å². The molecule has 0 aliphatic rings. The molecule has 0 amide bonds. The summed E-state index contributed by atoms with van der Waals surface area (Å²) in [7, 11) is 1.50. The molecule has 6 heteroatoms. The molecule has 0 unspecified atom stereocenters. The Morgan fingerprint density at radius 2 is 1.55 bits per heavy atom. The van der Waals surface area contributed by atoms with Crippen LogP contribution in [0.1, 0.15) is 27.8 Å².